The van der Waals surface area contributed by atoms with Gasteiger partial charge in [-0.15, -0.1) is 12.4 Å². The Kier molecular flexibility index (Phi) is 7.97. The second-order valence-electron chi connectivity index (χ2n) is 5.47. The van der Waals surface area contributed by atoms with Crippen LogP contribution in [-0.2, 0) is 9.53 Å². The molecule has 1 atom stereocenters. The minimum absolute atomic E-state index is 0. The SMILES string of the molecule is COCC(N)C(=O)Nc1cc(C(=O)N2CCCC2)ccc1OC.Cl. The van der Waals surface area contributed by atoms with Crippen LogP contribution in [0.4, 0.5) is 5.69 Å². The van der Waals surface area contributed by atoms with E-state index in [0.717, 1.165) is 25.9 Å². The van der Waals surface area contributed by atoms with Crippen LogP contribution in [-0.4, -0.2) is 56.7 Å². The second-order valence-corrected chi connectivity index (χ2v) is 5.47. The standard InChI is InChI=1S/C16H23N3O4.ClH/c1-22-10-12(17)15(20)18-13-9-11(5-6-14(13)23-2)16(21)19-7-3-4-8-19;/h5-6,9,12H,3-4,7-8,10,17H2,1-2H3,(H,18,20);1H. The van der Waals surface area contributed by atoms with Crippen molar-refractivity contribution in [2.75, 3.05) is 39.2 Å². The average molecular weight is 358 g/mol. The molecule has 0 aromatic heterocycles. The Morgan fingerprint density at radius 1 is 1.29 bits per heavy atom. The minimum atomic E-state index is -0.789. The van der Waals surface area contributed by atoms with Crippen LogP contribution in [0.2, 0.25) is 0 Å². The van der Waals surface area contributed by atoms with Crippen molar-refractivity contribution in [3.63, 3.8) is 0 Å². The molecule has 2 rings (SSSR count). The number of methoxy groups -OCH3 is 2. The number of hydrogen-bond donors (Lipinski definition) is 2. The molecule has 8 heteroatoms. The van der Waals surface area contributed by atoms with Gasteiger partial charge < -0.3 is 25.4 Å². The number of hydrogen-bond acceptors (Lipinski definition) is 5. The number of halogens is 1. The molecule has 0 aliphatic carbocycles. The summed E-state index contributed by atoms with van der Waals surface area (Å²) >= 11 is 0. The maximum atomic E-state index is 12.4. The van der Waals surface area contributed by atoms with Crippen LogP contribution >= 0.6 is 12.4 Å². The van der Waals surface area contributed by atoms with Crippen LogP contribution < -0.4 is 15.8 Å². The molecule has 7 nitrogen and oxygen atoms in total. The first-order valence-corrected chi connectivity index (χ1v) is 7.59. The van der Waals surface area contributed by atoms with Crippen molar-refractivity contribution < 1.29 is 19.1 Å². The number of amides is 2. The zero-order chi connectivity index (χ0) is 16.8. The fourth-order valence-electron chi connectivity index (χ4n) is 2.52. The van der Waals surface area contributed by atoms with Gasteiger partial charge >= 0.3 is 0 Å². The molecule has 1 saturated heterocycles. The van der Waals surface area contributed by atoms with E-state index in [-0.39, 0.29) is 24.9 Å². The summed E-state index contributed by atoms with van der Waals surface area (Å²) in [5.74, 6) is 0.0405. The molecule has 0 spiro atoms. The van der Waals surface area contributed by atoms with E-state index in [1.807, 2.05) is 4.90 Å². The van der Waals surface area contributed by atoms with E-state index in [0.29, 0.717) is 17.0 Å². The first-order chi connectivity index (χ1) is 11.1. The zero-order valence-electron chi connectivity index (χ0n) is 13.9. The highest BCUT2D eigenvalue weighted by Crippen LogP contribution is 2.27. The Morgan fingerprint density at radius 3 is 2.54 bits per heavy atom. The summed E-state index contributed by atoms with van der Waals surface area (Å²) in [7, 11) is 2.98. The van der Waals surface area contributed by atoms with Crippen molar-refractivity contribution in [1.29, 1.82) is 0 Å². The number of benzene rings is 1. The van der Waals surface area contributed by atoms with Gasteiger partial charge in [0.25, 0.3) is 5.91 Å². The topological polar surface area (TPSA) is 93.9 Å². The van der Waals surface area contributed by atoms with Gasteiger partial charge in [0.15, 0.2) is 0 Å². The molecule has 1 aromatic rings. The van der Waals surface area contributed by atoms with Crippen molar-refractivity contribution in [3.05, 3.63) is 23.8 Å². The molecule has 1 aliphatic rings. The molecule has 1 aromatic carbocycles. The van der Waals surface area contributed by atoms with E-state index in [1.54, 1.807) is 18.2 Å². The molecule has 0 bridgehead atoms. The van der Waals surface area contributed by atoms with Crippen LogP contribution in [0.5, 0.6) is 5.75 Å². The van der Waals surface area contributed by atoms with Crippen LogP contribution in [0.15, 0.2) is 18.2 Å². The van der Waals surface area contributed by atoms with E-state index < -0.39 is 11.9 Å². The molecular formula is C16H24ClN3O4. The van der Waals surface area contributed by atoms with Crippen molar-refractivity contribution in [2.24, 2.45) is 5.73 Å². The second kappa shape index (κ2) is 9.46. The number of carbonyl (C=O) groups excluding carboxylic acids is 2. The Labute approximate surface area is 147 Å². The average Bonchev–Trinajstić information content (AvgIpc) is 3.08. The Hall–Kier alpha value is -1.83. The molecule has 0 saturated carbocycles. The fraction of sp³-hybridized carbons (Fsp3) is 0.500. The lowest BCUT2D eigenvalue weighted by atomic mass is 10.1. The quantitative estimate of drug-likeness (QED) is 0.799. The highest BCUT2D eigenvalue weighted by Gasteiger charge is 2.21. The Balaban J connectivity index is 0.00000288. The number of anilines is 1. The summed E-state index contributed by atoms with van der Waals surface area (Å²) in [4.78, 5) is 26.3. The fourth-order valence-corrected chi connectivity index (χ4v) is 2.52. The largest absolute Gasteiger partial charge is 0.495 e. The van der Waals surface area contributed by atoms with E-state index >= 15 is 0 Å². The van der Waals surface area contributed by atoms with Gasteiger partial charge in [0.2, 0.25) is 5.91 Å². The number of nitrogens with two attached hydrogens (primary N) is 1. The maximum absolute atomic E-state index is 12.4. The van der Waals surface area contributed by atoms with Crippen LogP contribution in [0.3, 0.4) is 0 Å². The third-order valence-electron chi connectivity index (χ3n) is 3.78. The first-order valence-electron chi connectivity index (χ1n) is 7.59. The maximum Gasteiger partial charge on any atom is 0.253 e. The molecule has 1 heterocycles. The molecule has 1 fully saturated rings. The number of rotatable bonds is 6. The third-order valence-corrected chi connectivity index (χ3v) is 3.78. The minimum Gasteiger partial charge on any atom is -0.495 e. The van der Waals surface area contributed by atoms with Gasteiger partial charge in [-0.05, 0) is 31.0 Å². The lowest BCUT2D eigenvalue weighted by Gasteiger charge is -2.18. The lowest BCUT2D eigenvalue weighted by molar-refractivity contribution is -0.118. The van der Waals surface area contributed by atoms with Crippen molar-refractivity contribution >= 4 is 29.9 Å². The molecular weight excluding hydrogens is 334 g/mol. The van der Waals surface area contributed by atoms with Crippen molar-refractivity contribution in [3.8, 4) is 5.75 Å². The van der Waals surface area contributed by atoms with Crippen LogP contribution in [0.1, 0.15) is 23.2 Å². The molecule has 1 unspecified atom stereocenters. The van der Waals surface area contributed by atoms with Gasteiger partial charge in [-0.25, -0.2) is 0 Å². The van der Waals surface area contributed by atoms with Gasteiger partial charge in [0.1, 0.15) is 11.8 Å². The molecule has 24 heavy (non-hydrogen) atoms. The summed E-state index contributed by atoms with van der Waals surface area (Å²) in [6, 6.07) is 4.20. The monoisotopic (exact) mass is 357 g/mol. The molecule has 1 aliphatic heterocycles. The van der Waals surface area contributed by atoms with E-state index in [1.165, 1.54) is 14.2 Å². The van der Waals surface area contributed by atoms with Gasteiger partial charge in [-0.3, -0.25) is 9.59 Å². The van der Waals surface area contributed by atoms with Gasteiger partial charge in [0.05, 0.1) is 19.4 Å². The number of carbonyl (C=O) groups is 2. The van der Waals surface area contributed by atoms with E-state index in [4.69, 9.17) is 15.2 Å². The lowest BCUT2D eigenvalue weighted by Crippen LogP contribution is -2.39. The molecule has 0 radical (unpaired) electrons. The number of likely N-dealkylation sites (tertiary alicyclic amines) is 1. The first kappa shape index (κ1) is 20.2. The van der Waals surface area contributed by atoms with Crippen LogP contribution in [0.25, 0.3) is 0 Å². The highest BCUT2D eigenvalue weighted by molar-refractivity contribution is 5.99. The Morgan fingerprint density at radius 2 is 1.96 bits per heavy atom. The molecule has 134 valence electrons. The summed E-state index contributed by atoms with van der Waals surface area (Å²) in [5, 5.41) is 2.69. The Bertz CT molecular complexity index is 576. The van der Waals surface area contributed by atoms with Gasteiger partial charge in [-0.2, -0.15) is 0 Å². The predicted octanol–water partition coefficient (Wildman–Crippen LogP) is 1.27. The van der Waals surface area contributed by atoms with Crippen molar-refractivity contribution in [2.45, 2.75) is 18.9 Å². The molecule has 2 amide bonds. The summed E-state index contributed by atoms with van der Waals surface area (Å²) in [6.07, 6.45) is 2.05. The predicted molar refractivity (Wildman–Crippen MR) is 93.9 cm³/mol. The normalized spacial score (nSPS) is 14.7. The zero-order valence-corrected chi connectivity index (χ0v) is 14.7. The third kappa shape index (κ3) is 4.83. The van der Waals surface area contributed by atoms with E-state index in [2.05, 4.69) is 5.32 Å². The summed E-state index contributed by atoms with van der Waals surface area (Å²) in [6.45, 7) is 1.65. The highest BCUT2D eigenvalue weighted by atomic mass is 35.5. The van der Waals surface area contributed by atoms with E-state index in [9.17, 15) is 9.59 Å². The van der Waals surface area contributed by atoms with Gasteiger partial charge in [0, 0.05) is 25.8 Å². The number of ether oxygens (including phenoxy) is 2. The number of nitrogens with one attached hydrogen (secondary N) is 1. The smallest absolute Gasteiger partial charge is 0.253 e. The molecule has 3 N–H and O–H groups in total. The van der Waals surface area contributed by atoms with Crippen LogP contribution in [0, 0.1) is 0 Å². The van der Waals surface area contributed by atoms with Crippen molar-refractivity contribution in [1.82, 2.24) is 4.90 Å². The summed E-state index contributed by atoms with van der Waals surface area (Å²) in [5.41, 5.74) is 6.65. The van der Waals surface area contributed by atoms with Gasteiger partial charge in [-0.1, -0.05) is 0 Å². The summed E-state index contributed by atoms with van der Waals surface area (Å²) < 4.78 is 10.1. The number of nitrogens with zero attached hydrogens (tertiary/aromatic N) is 1.